The third kappa shape index (κ3) is 6.90. The molecule has 0 radical (unpaired) electrons. The molecular formula is C39H46N2O6Si. The summed E-state index contributed by atoms with van der Waals surface area (Å²) in [4.78, 5) is 4.81. The summed E-state index contributed by atoms with van der Waals surface area (Å²) in [5.74, 6) is -0.685. The van der Waals surface area contributed by atoms with Crippen LogP contribution in [0.25, 0.3) is 11.0 Å². The lowest BCUT2D eigenvalue weighted by Gasteiger charge is -2.43. The Balaban J connectivity index is 1.29. The summed E-state index contributed by atoms with van der Waals surface area (Å²) in [5, 5.41) is 25.8. The topological polar surface area (TPSA) is 95.2 Å². The smallest absolute Gasteiger partial charge is 0.261 e. The first kappa shape index (κ1) is 34.2. The van der Waals surface area contributed by atoms with Gasteiger partial charge in [-0.3, -0.25) is 0 Å². The highest BCUT2D eigenvalue weighted by Crippen LogP contribution is 2.40. The molecule has 1 aliphatic heterocycles. The Hall–Kier alpha value is -3.67. The van der Waals surface area contributed by atoms with E-state index in [1.165, 1.54) is 0 Å². The molecule has 0 unspecified atom stereocenters. The number of aliphatic hydroxyl groups is 2. The SMILES string of the molecule is CC1(C)O[C@H]([C@H](O)CO[Si](c2ccccc2)(c2ccccc2)C(C)(C)C)[C@@H]([C@@H](O)c2nc3ccccc3n2COCc2ccccc2)O1. The van der Waals surface area contributed by atoms with Gasteiger partial charge < -0.3 is 33.4 Å². The first-order chi connectivity index (χ1) is 23.0. The zero-order valence-electron chi connectivity index (χ0n) is 28.3. The molecule has 252 valence electrons. The Morgan fingerprint density at radius 2 is 1.33 bits per heavy atom. The van der Waals surface area contributed by atoms with E-state index in [2.05, 4.69) is 45.0 Å². The lowest BCUT2D eigenvalue weighted by Crippen LogP contribution is -2.67. The highest BCUT2D eigenvalue weighted by atomic mass is 28.4. The average Bonchev–Trinajstić information content (AvgIpc) is 3.62. The lowest BCUT2D eigenvalue weighted by atomic mass is 10.0. The zero-order valence-corrected chi connectivity index (χ0v) is 29.3. The van der Waals surface area contributed by atoms with Crippen molar-refractivity contribution in [3.63, 3.8) is 0 Å². The number of rotatable bonds is 12. The standard InChI is InChI=1S/C39H46N2O6Si/c1-38(2,3)48(29-19-11-7-12-20-29,30-21-13-8-14-22-30)45-26-33(42)35-36(47-39(4,5)46-35)34(43)37-40-31-23-15-16-24-32(31)41(37)27-44-25-28-17-9-6-10-18-28/h6-24,33-36,42-43H,25-27H2,1-5H3/t33-,34-,35-,36-/m1/s1. The highest BCUT2D eigenvalue weighted by Gasteiger charge is 2.53. The molecule has 0 spiro atoms. The van der Waals surface area contributed by atoms with Crippen LogP contribution >= 0.6 is 0 Å². The van der Waals surface area contributed by atoms with Crippen molar-refractivity contribution in [1.82, 2.24) is 9.55 Å². The zero-order chi connectivity index (χ0) is 33.9. The van der Waals surface area contributed by atoms with Gasteiger partial charge >= 0.3 is 0 Å². The molecule has 2 N–H and O–H groups in total. The van der Waals surface area contributed by atoms with Crippen LogP contribution in [0.1, 0.15) is 52.1 Å². The minimum atomic E-state index is -2.94. The Bertz CT molecular complexity index is 1740. The summed E-state index contributed by atoms with van der Waals surface area (Å²) in [6.07, 6.45) is -4.17. The molecule has 1 aromatic heterocycles. The maximum absolute atomic E-state index is 12.0. The molecule has 0 bridgehead atoms. The molecule has 0 aliphatic carbocycles. The highest BCUT2D eigenvalue weighted by molar-refractivity contribution is 6.99. The van der Waals surface area contributed by atoms with Crippen LogP contribution in [-0.2, 0) is 32.0 Å². The van der Waals surface area contributed by atoms with Gasteiger partial charge in [0, 0.05) is 0 Å². The molecule has 48 heavy (non-hydrogen) atoms. The summed E-state index contributed by atoms with van der Waals surface area (Å²) in [7, 11) is -2.94. The van der Waals surface area contributed by atoms with Gasteiger partial charge in [0.15, 0.2) is 5.79 Å². The van der Waals surface area contributed by atoms with Crippen LogP contribution in [0.3, 0.4) is 0 Å². The summed E-state index contributed by atoms with van der Waals surface area (Å²) >= 11 is 0. The number of aliphatic hydroxyl groups excluding tert-OH is 2. The normalized spacial score (nSPS) is 19.4. The van der Waals surface area contributed by atoms with Gasteiger partial charge in [-0.2, -0.15) is 0 Å². The van der Waals surface area contributed by atoms with E-state index < -0.39 is 38.5 Å². The number of para-hydroxylation sites is 2. The van der Waals surface area contributed by atoms with E-state index in [0.717, 1.165) is 27.0 Å². The maximum Gasteiger partial charge on any atom is 0.261 e. The van der Waals surface area contributed by atoms with Crippen molar-refractivity contribution in [1.29, 1.82) is 0 Å². The maximum atomic E-state index is 12.0. The van der Waals surface area contributed by atoms with E-state index in [0.29, 0.717) is 12.4 Å². The molecule has 2 heterocycles. The van der Waals surface area contributed by atoms with Crippen LogP contribution < -0.4 is 10.4 Å². The van der Waals surface area contributed by atoms with Gasteiger partial charge in [-0.15, -0.1) is 0 Å². The first-order valence-electron chi connectivity index (χ1n) is 16.5. The molecule has 1 aliphatic rings. The fraction of sp³-hybridized carbons (Fsp3) is 0.359. The monoisotopic (exact) mass is 666 g/mol. The van der Waals surface area contributed by atoms with E-state index in [9.17, 15) is 10.2 Å². The van der Waals surface area contributed by atoms with Gasteiger partial charge in [-0.05, 0) is 47.0 Å². The van der Waals surface area contributed by atoms with E-state index in [1.807, 2.05) is 95.6 Å². The number of nitrogens with zero attached hydrogens (tertiary/aromatic N) is 2. The second-order valence-corrected chi connectivity index (χ2v) is 18.2. The van der Waals surface area contributed by atoms with Crippen molar-refractivity contribution in [3.8, 4) is 0 Å². The second kappa shape index (κ2) is 14.1. The molecule has 0 saturated carbocycles. The molecule has 6 rings (SSSR count). The third-order valence-corrected chi connectivity index (χ3v) is 14.0. The van der Waals surface area contributed by atoms with Gasteiger partial charge in [0.1, 0.15) is 37.0 Å². The van der Waals surface area contributed by atoms with Gasteiger partial charge in [0.2, 0.25) is 0 Å². The van der Waals surface area contributed by atoms with Crippen molar-refractivity contribution in [2.45, 2.75) is 83.2 Å². The van der Waals surface area contributed by atoms with Crippen LogP contribution in [0.2, 0.25) is 5.04 Å². The van der Waals surface area contributed by atoms with E-state index in [-0.39, 0.29) is 18.4 Å². The number of fused-ring (bicyclic) bond motifs is 1. The number of aromatic nitrogens is 2. The summed E-state index contributed by atoms with van der Waals surface area (Å²) in [6, 6.07) is 38.2. The van der Waals surface area contributed by atoms with Crippen LogP contribution in [0.5, 0.6) is 0 Å². The molecule has 9 heteroatoms. The van der Waals surface area contributed by atoms with Crippen LogP contribution in [0.15, 0.2) is 115 Å². The Morgan fingerprint density at radius 3 is 1.94 bits per heavy atom. The minimum Gasteiger partial charge on any atom is -0.405 e. The predicted molar refractivity (Wildman–Crippen MR) is 189 cm³/mol. The number of hydrogen-bond donors (Lipinski definition) is 2. The average molecular weight is 667 g/mol. The molecule has 8 nitrogen and oxygen atoms in total. The van der Waals surface area contributed by atoms with Crippen molar-refractivity contribution in [3.05, 3.63) is 127 Å². The Kier molecular flexibility index (Phi) is 10.0. The van der Waals surface area contributed by atoms with Crippen molar-refractivity contribution in [2.24, 2.45) is 0 Å². The van der Waals surface area contributed by atoms with E-state index in [1.54, 1.807) is 13.8 Å². The van der Waals surface area contributed by atoms with Gasteiger partial charge in [0.05, 0.1) is 24.2 Å². The Labute approximate surface area is 284 Å². The van der Waals surface area contributed by atoms with Gasteiger partial charge in [-0.25, -0.2) is 4.98 Å². The fourth-order valence-electron chi connectivity index (χ4n) is 6.86. The quantitative estimate of drug-likeness (QED) is 0.165. The van der Waals surface area contributed by atoms with Crippen molar-refractivity contribution < 1.29 is 28.8 Å². The van der Waals surface area contributed by atoms with E-state index in [4.69, 9.17) is 23.6 Å². The molecule has 4 atom stereocenters. The van der Waals surface area contributed by atoms with Crippen LogP contribution in [0, 0.1) is 0 Å². The van der Waals surface area contributed by atoms with Crippen molar-refractivity contribution in [2.75, 3.05) is 6.61 Å². The number of hydrogen-bond acceptors (Lipinski definition) is 7. The fourth-order valence-corrected chi connectivity index (χ4v) is 11.4. The number of ether oxygens (including phenoxy) is 3. The van der Waals surface area contributed by atoms with Crippen LogP contribution in [-0.4, -0.2) is 58.8 Å². The van der Waals surface area contributed by atoms with Crippen LogP contribution in [0.4, 0.5) is 0 Å². The van der Waals surface area contributed by atoms with Gasteiger partial charge in [-0.1, -0.05) is 124 Å². The summed E-state index contributed by atoms with van der Waals surface area (Å²) < 4.78 is 27.6. The summed E-state index contributed by atoms with van der Waals surface area (Å²) in [6.45, 7) is 10.7. The van der Waals surface area contributed by atoms with Crippen molar-refractivity contribution >= 4 is 29.7 Å². The molecule has 5 aromatic rings. The minimum absolute atomic E-state index is 0.0167. The second-order valence-electron chi connectivity index (χ2n) is 13.9. The van der Waals surface area contributed by atoms with E-state index >= 15 is 0 Å². The summed E-state index contributed by atoms with van der Waals surface area (Å²) in [5.41, 5.74) is 2.59. The largest absolute Gasteiger partial charge is 0.405 e. The molecular weight excluding hydrogens is 621 g/mol. The lowest BCUT2D eigenvalue weighted by molar-refractivity contribution is -0.162. The predicted octanol–water partition coefficient (Wildman–Crippen LogP) is 5.70. The molecule has 4 aromatic carbocycles. The molecule has 0 amide bonds. The number of benzene rings is 4. The van der Waals surface area contributed by atoms with Gasteiger partial charge in [0.25, 0.3) is 8.32 Å². The third-order valence-electron chi connectivity index (χ3n) is 9.02. The molecule has 1 fully saturated rings. The molecule has 1 saturated heterocycles. The Morgan fingerprint density at radius 1 is 0.792 bits per heavy atom. The number of imidazole rings is 1. The first-order valence-corrected chi connectivity index (χ1v) is 18.4.